The minimum absolute atomic E-state index is 0.138. The number of amides is 2. The molecule has 2 atom stereocenters. The van der Waals surface area contributed by atoms with Gasteiger partial charge in [-0.3, -0.25) is 24.4 Å². The number of rotatable bonds is 24. The number of ether oxygens (including phenoxy) is 5. The summed E-state index contributed by atoms with van der Waals surface area (Å²) < 4.78 is 62.3. The number of aromatic nitrogens is 8. The lowest BCUT2D eigenvalue weighted by Gasteiger charge is -2.40. The molecule has 22 nitrogen and oxygen atoms in total. The molecular formula is C66H86F2N12O10Si2. The molecule has 6 aromatic heterocycles. The first kappa shape index (κ1) is 68.7. The Bertz CT molecular complexity index is 4020. The first-order chi connectivity index (χ1) is 43.5. The van der Waals surface area contributed by atoms with Crippen LogP contribution in [0.25, 0.3) is 61.1 Å². The largest absolute Gasteiger partial charge is 0.494 e. The summed E-state index contributed by atoms with van der Waals surface area (Å²) in [6.45, 7) is 32.3. The van der Waals surface area contributed by atoms with Gasteiger partial charge in [-0.1, -0.05) is 45.9 Å². The maximum atomic E-state index is 14.4. The molecular weight excluding hydrogens is 1210 g/mol. The van der Waals surface area contributed by atoms with Crippen LogP contribution in [0.1, 0.15) is 94.3 Å². The zero-order valence-corrected chi connectivity index (χ0v) is 56.9. The first-order valence-electron chi connectivity index (χ1n) is 31.0. The normalized spacial score (nSPS) is 15.6. The molecule has 0 bridgehead atoms. The summed E-state index contributed by atoms with van der Waals surface area (Å²) in [5.41, 5.74) is 4.27. The Hall–Kier alpha value is -7.70. The zero-order valence-electron chi connectivity index (χ0n) is 54.9. The quantitative estimate of drug-likeness (QED) is 0.0163. The van der Waals surface area contributed by atoms with E-state index in [1.54, 1.807) is 58.9 Å². The predicted octanol–water partition coefficient (Wildman–Crippen LogP) is 10.7. The lowest BCUT2D eigenvalue weighted by Crippen LogP contribution is -2.53. The minimum atomic E-state index is -1.39. The molecule has 5 N–H and O–H groups in total. The van der Waals surface area contributed by atoms with Crippen LogP contribution in [0.4, 0.5) is 20.4 Å². The van der Waals surface area contributed by atoms with E-state index >= 15 is 0 Å². The lowest BCUT2D eigenvalue weighted by molar-refractivity contribution is -0.277. The summed E-state index contributed by atoms with van der Waals surface area (Å²) in [5.74, 6) is -1.05. The fraction of sp³-hybridized carbons (Fsp3) is 0.470. The van der Waals surface area contributed by atoms with Crippen LogP contribution in [0.5, 0.6) is 0 Å². The monoisotopic (exact) mass is 1300 g/mol. The maximum Gasteiger partial charge on any atom is 0.231 e. The number of nitrogens with zero attached hydrogens (tertiary/aromatic N) is 9. The van der Waals surface area contributed by atoms with E-state index in [1.807, 2.05) is 45.6 Å². The number of fused-ring (bicyclic) bond motifs is 6. The van der Waals surface area contributed by atoms with Gasteiger partial charge >= 0.3 is 0 Å². The smallest absolute Gasteiger partial charge is 0.231 e. The van der Waals surface area contributed by atoms with Crippen molar-refractivity contribution >= 4 is 84.2 Å². The van der Waals surface area contributed by atoms with Crippen molar-refractivity contribution in [3.8, 4) is 22.3 Å². The number of aliphatic hydroxyl groups is 2. The van der Waals surface area contributed by atoms with Gasteiger partial charge in [0.1, 0.15) is 42.5 Å². The van der Waals surface area contributed by atoms with Crippen molar-refractivity contribution in [2.75, 3.05) is 76.5 Å². The summed E-state index contributed by atoms with van der Waals surface area (Å²) in [5, 5.41) is 39.0. The van der Waals surface area contributed by atoms with E-state index in [9.17, 15) is 33.4 Å². The number of benzene rings is 2. The maximum absolute atomic E-state index is 14.4. The summed E-state index contributed by atoms with van der Waals surface area (Å²) in [4.78, 5) is 60.8. The minimum Gasteiger partial charge on any atom is -0.494 e. The highest BCUT2D eigenvalue weighted by Gasteiger charge is 2.43. The number of carbonyl (C=O) groups is 3. The molecule has 492 valence electrons. The van der Waals surface area contributed by atoms with Crippen LogP contribution in [-0.2, 0) is 33.3 Å². The number of aliphatic hydroxyl groups excluding tert-OH is 2. The fourth-order valence-corrected chi connectivity index (χ4v) is 11.9. The van der Waals surface area contributed by atoms with Gasteiger partial charge in [0.15, 0.2) is 22.9 Å². The van der Waals surface area contributed by atoms with Gasteiger partial charge in [-0.2, -0.15) is 19.2 Å². The van der Waals surface area contributed by atoms with Gasteiger partial charge in [0.25, 0.3) is 0 Å². The third-order valence-electron chi connectivity index (χ3n) is 16.3. The van der Waals surface area contributed by atoms with Crippen LogP contribution in [-0.4, -0.2) is 155 Å². The Morgan fingerprint density at radius 2 is 1.29 bits per heavy atom. The molecule has 26 heteroatoms. The van der Waals surface area contributed by atoms with Crippen LogP contribution in [0.2, 0.25) is 51.4 Å². The van der Waals surface area contributed by atoms with E-state index in [1.165, 1.54) is 31.2 Å². The average molecular weight is 1300 g/mol. The van der Waals surface area contributed by atoms with Crippen LogP contribution in [0.15, 0.2) is 79.9 Å². The number of halogens is 2. The van der Waals surface area contributed by atoms with Crippen LogP contribution in [0.3, 0.4) is 0 Å². The van der Waals surface area contributed by atoms with Crippen molar-refractivity contribution in [1.29, 1.82) is 0 Å². The Morgan fingerprint density at radius 1 is 0.783 bits per heavy atom. The van der Waals surface area contributed by atoms with E-state index in [2.05, 4.69) is 76.9 Å². The van der Waals surface area contributed by atoms with Crippen molar-refractivity contribution in [1.82, 2.24) is 49.8 Å². The van der Waals surface area contributed by atoms with Crippen molar-refractivity contribution in [2.24, 2.45) is 10.8 Å². The predicted molar refractivity (Wildman–Crippen MR) is 355 cm³/mol. The van der Waals surface area contributed by atoms with Crippen LogP contribution < -0.4 is 20.9 Å². The molecule has 0 spiro atoms. The highest BCUT2D eigenvalue weighted by molar-refractivity contribution is 6.76. The Labute approximate surface area is 536 Å². The standard InChI is InChI=1S/C41H61FN6O6Si2.C25H25FN6O4/c1-13-52-29(3)35-36(28(2)45-39(49)41(6)24-53-40(4,5)54-25-41)46-37-33(31-20-30-21-32(42)14-15-34(30)43-22-31)23-44-48(37)38(35)47(26-50-16-18-55(7,8)9)27-51-17-19-56(10,11)12;1-13(30-24(36)25(2,11-33)12-34)21-20-19(35)5-6-27-23(20)32-22(31-21)17(10-29-32)15-7-14-8-16(26)3-4-18(14)28-9-15/h14-15,20-23,28H,3,13,16-19,24-27H2,1-2,4-12H3,(H,45,49);3-4,7-10,13,27,33-34H,5-6,11-12H2,1-2H3,(H,30,36). The zero-order chi connectivity index (χ0) is 66.7. The highest BCUT2D eigenvalue weighted by atomic mass is 28.3. The molecule has 10 rings (SSSR count). The van der Waals surface area contributed by atoms with E-state index in [-0.39, 0.29) is 56.4 Å². The Kier molecular flexibility index (Phi) is 20.8. The highest BCUT2D eigenvalue weighted by Crippen LogP contribution is 2.39. The van der Waals surface area contributed by atoms with E-state index in [0.717, 1.165) is 12.1 Å². The molecule has 2 amide bonds. The molecule has 0 aliphatic carbocycles. The molecule has 2 aliphatic heterocycles. The van der Waals surface area contributed by atoms with E-state index in [0.29, 0.717) is 122 Å². The second-order valence-electron chi connectivity index (χ2n) is 27.1. The van der Waals surface area contributed by atoms with E-state index < -0.39 is 64.0 Å². The van der Waals surface area contributed by atoms with Crippen molar-refractivity contribution < 1.29 is 57.1 Å². The summed E-state index contributed by atoms with van der Waals surface area (Å²) in [6.07, 6.45) is 6.97. The molecule has 1 fully saturated rings. The molecule has 1 saturated heterocycles. The average Bonchev–Trinajstić information content (AvgIpc) is 1.49. The van der Waals surface area contributed by atoms with Gasteiger partial charge in [0, 0.05) is 87.7 Å². The molecule has 8 aromatic rings. The number of Topliss-reactive ketones (excluding diaryl/α,β-unsaturated/α-hetero) is 1. The second kappa shape index (κ2) is 27.9. The molecule has 2 aliphatic rings. The Morgan fingerprint density at radius 3 is 1.82 bits per heavy atom. The number of hydrogen-bond donors (Lipinski definition) is 5. The van der Waals surface area contributed by atoms with Crippen LogP contribution in [0, 0.1) is 22.5 Å². The molecule has 2 unspecified atom stereocenters. The fourth-order valence-electron chi connectivity index (χ4n) is 10.4. The summed E-state index contributed by atoms with van der Waals surface area (Å²) in [7, 11) is -2.78. The molecule has 0 radical (unpaired) electrons. The van der Waals surface area contributed by atoms with Crippen LogP contribution >= 0.6 is 0 Å². The van der Waals surface area contributed by atoms with Gasteiger partial charge in [-0.25, -0.2) is 18.7 Å². The number of nitrogens with one attached hydrogen (secondary N) is 3. The summed E-state index contributed by atoms with van der Waals surface area (Å²) in [6, 6.07) is 13.1. The molecule has 8 heterocycles. The molecule has 0 saturated carbocycles. The molecule has 92 heavy (non-hydrogen) atoms. The van der Waals surface area contributed by atoms with Crippen molar-refractivity contribution in [3.05, 3.63) is 114 Å². The van der Waals surface area contributed by atoms with Crippen molar-refractivity contribution in [2.45, 2.75) is 124 Å². The van der Waals surface area contributed by atoms with Gasteiger partial charge < -0.3 is 54.7 Å². The Balaban J connectivity index is 0.000000238. The lowest BCUT2D eigenvalue weighted by atomic mass is 9.89. The van der Waals surface area contributed by atoms with Gasteiger partial charge in [-0.05, 0) is 109 Å². The van der Waals surface area contributed by atoms with Gasteiger partial charge in [-0.15, -0.1) is 0 Å². The topological polar surface area (TPSA) is 263 Å². The number of pyridine rings is 2. The first-order valence-corrected chi connectivity index (χ1v) is 38.4. The third kappa shape index (κ3) is 15.5. The van der Waals surface area contributed by atoms with Crippen molar-refractivity contribution in [3.63, 3.8) is 0 Å². The third-order valence-corrected chi connectivity index (χ3v) is 19.7. The van der Waals surface area contributed by atoms with E-state index in [4.69, 9.17) is 38.8 Å². The van der Waals surface area contributed by atoms with Gasteiger partial charge in [0.2, 0.25) is 11.8 Å². The SMILES string of the molecule is C=C(OCC)c1c(C(C)NC(=O)C2(C)COC(C)(C)OC2)nc2c(-c3cnc4ccc(F)cc4c3)cnn2c1N(COCC[Si](C)(C)C)COCC[Si](C)(C)C.CC(NC(=O)C(C)(CO)CO)c1nc2c(-c3cnc4ccc(F)cc4c3)cnn2c2c1C(=O)CCN2. The number of anilines is 2. The number of hydrogen-bond acceptors (Lipinski definition) is 18. The molecule has 2 aromatic carbocycles. The summed E-state index contributed by atoms with van der Waals surface area (Å²) >= 11 is 0. The number of ketones is 1. The second-order valence-corrected chi connectivity index (χ2v) is 38.4. The number of carbonyl (C=O) groups excluding carboxylic acids is 3. The van der Waals surface area contributed by atoms with Gasteiger partial charge in [0.05, 0.1) is 102 Å².